The van der Waals surface area contributed by atoms with Crippen LogP contribution >= 0.6 is 0 Å². The fourth-order valence-corrected chi connectivity index (χ4v) is 1.65. The van der Waals surface area contributed by atoms with Crippen LogP contribution in [-0.2, 0) is 6.61 Å². The summed E-state index contributed by atoms with van der Waals surface area (Å²) in [5.41, 5.74) is 0.629. The van der Waals surface area contributed by atoms with Gasteiger partial charge in [0.25, 0.3) is 5.91 Å². The van der Waals surface area contributed by atoms with E-state index in [1.807, 2.05) is 20.8 Å². The van der Waals surface area contributed by atoms with Crippen molar-refractivity contribution in [3.63, 3.8) is 0 Å². The summed E-state index contributed by atoms with van der Waals surface area (Å²) in [6.07, 6.45) is 0. The Labute approximate surface area is 107 Å². The van der Waals surface area contributed by atoms with E-state index in [0.717, 1.165) is 6.54 Å². The van der Waals surface area contributed by atoms with Gasteiger partial charge in [0.2, 0.25) is 0 Å². The molecule has 0 saturated carbocycles. The van der Waals surface area contributed by atoms with Gasteiger partial charge < -0.3 is 20.3 Å². The molecule has 6 heteroatoms. The molecule has 0 aliphatic rings. The first-order valence-electron chi connectivity index (χ1n) is 6.00. The van der Waals surface area contributed by atoms with Crippen molar-refractivity contribution in [2.45, 2.75) is 39.8 Å². The van der Waals surface area contributed by atoms with Crippen molar-refractivity contribution in [1.82, 2.24) is 15.8 Å². The van der Waals surface area contributed by atoms with Crippen LogP contribution in [0.5, 0.6) is 0 Å². The number of aromatic nitrogens is 1. The second-order valence-electron chi connectivity index (χ2n) is 4.83. The van der Waals surface area contributed by atoms with E-state index in [1.54, 1.807) is 6.92 Å². The molecule has 1 amide bonds. The smallest absolute Gasteiger partial charge is 0.273 e. The van der Waals surface area contributed by atoms with Crippen molar-refractivity contribution in [1.29, 1.82) is 0 Å². The normalized spacial score (nSPS) is 11.6. The van der Waals surface area contributed by atoms with Crippen LogP contribution in [0.15, 0.2) is 4.52 Å². The van der Waals surface area contributed by atoms with Crippen molar-refractivity contribution in [3.05, 3.63) is 17.0 Å². The minimum Gasteiger partial charge on any atom is -0.388 e. The summed E-state index contributed by atoms with van der Waals surface area (Å²) < 4.78 is 4.87. The molecule has 102 valence electrons. The van der Waals surface area contributed by atoms with Gasteiger partial charge in [-0.2, -0.15) is 0 Å². The van der Waals surface area contributed by atoms with Crippen LogP contribution in [0.4, 0.5) is 0 Å². The molecule has 3 N–H and O–H groups in total. The molecule has 6 nitrogen and oxygen atoms in total. The summed E-state index contributed by atoms with van der Waals surface area (Å²) in [6.45, 7) is 8.79. The molecule has 0 fully saturated rings. The molecule has 0 radical (unpaired) electrons. The third-order valence-electron chi connectivity index (χ3n) is 2.73. The van der Waals surface area contributed by atoms with E-state index >= 15 is 0 Å². The number of nitrogens with zero attached hydrogens (tertiary/aromatic N) is 1. The van der Waals surface area contributed by atoms with E-state index in [0.29, 0.717) is 17.9 Å². The minimum atomic E-state index is -0.290. The maximum atomic E-state index is 11.9. The van der Waals surface area contributed by atoms with Gasteiger partial charge in [0.15, 0.2) is 11.5 Å². The summed E-state index contributed by atoms with van der Waals surface area (Å²) in [4.78, 5) is 11.9. The lowest BCUT2D eigenvalue weighted by atomic mass is 10.1. The third kappa shape index (κ3) is 3.54. The van der Waals surface area contributed by atoms with Gasteiger partial charge in [-0.05, 0) is 27.3 Å². The molecule has 0 unspecified atom stereocenters. The largest absolute Gasteiger partial charge is 0.388 e. The van der Waals surface area contributed by atoms with E-state index in [1.165, 1.54) is 0 Å². The van der Waals surface area contributed by atoms with Crippen LogP contribution in [0.2, 0.25) is 0 Å². The molecular weight excluding hydrogens is 234 g/mol. The SMILES string of the molecule is CCNC(C)(C)CNC(=O)c1noc(CO)c1C. The molecule has 1 aromatic rings. The second kappa shape index (κ2) is 5.97. The van der Waals surface area contributed by atoms with Crippen LogP contribution in [0.25, 0.3) is 0 Å². The highest BCUT2D eigenvalue weighted by molar-refractivity contribution is 5.93. The zero-order valence-electron chi connectivity index (χ0n) is 11.3. The lowest BCUT2D eigenvalue weighted by Gasteiger charge is -2.25. The van der Waals surface area contributed by atoms with Gasteiger partial charge in [0.1, 0.15) is 6.61 Å². The summed E-state index contributed by atoms with van der Waals surface area (Å²) in [5.74, 6) is 0.0352. The Morgan fingerprint density at radius 1 is 1.50 bits per heavy atom. The van der Waals surface area contributed by atoms with Gasteiger partial charge in [-0.15, -0.1) is 0 Å². The van der Waals surface area contributed by atoms with E-state index in [9.17, 15) is 4.79 Å². The Hall–Kier alpha value is -1.40. The molecule has 1 aromatic heterocycles. The predicted octanol–water partition coefficient (Wildman–Crippen LogP) is 0.593. The number of nitrogens with one attached hydrogen (secondary N) is 2. The number of hydrogen-bond acceptors (Lipinski definition) is 5. The summed E-state index contributed by atoms with van der Waals surface area (Å²) >= 11 is 0. The fraction of sp³-hybridized carbons (Fsp3) is 0.667. The maximum absolute atomic E-state index is 11.9. The predicted molar refractivity (Wildman–Crippen MR) is 67.3 cm³/mol. The highest BCUT2D eigenvalue weighted by Crippen LogP contribution is 2.12. The molecule has 0 aromatic carbocycles. The number of carbonyl (C=O) groups is 1. The number of likely N-dealkylation sites (N-methyl/N-ethyl adjacent to an activating group) is 1. The van der Waals surface area contributed by atoms with Crippen molar-refractivity contribution in [3.8, 4) is 0 Å². The van der Waals surface area contributed by atoms with Crippen molar-refractivity contribution in [2.75, 3.05) is 13.1 Å². The van der Waals surface area contributed by atoms with Crippen LogP contribution in [0.3, 0.4) is 0 Å². The molecule has 18 heavy (non-hydrogen) atoms. The van der Waals surface area contributed by atoms with Crippen LogP contribution in [0, 0.1) is 6.92 Å². The summed E-state index contributed by atoms with van der Waals surface area (Å²) in [6, 6.07) is 0. The summed E-state index contributed by atoms with van der Waals surface area (Å²) in [5, 5.41) is 18.7. The van der Waals surface area contributed by atoms with Crippen molar-refractivity contribution < 1.29 is 14.4 Å². The zero-order chi connectivity index (χ0) is 13.8. The average molecular weight is 255 g/mol. The number of hydrogen-bond donors (Lipinski definition) is 3. The monoisotopic (exact) mass is 255 g/mol. The first kappa shape index (κ1) is 14.7. The number of carbonyl (C=O) groups excluding carboxylic acids is 1. The Morgan fingerprint density at radius 3 is 2.67 bits per heavy atom. The van der Waals surface area contributed by atoms with Gasteiger partial charge in [0, 0.05) is 17.6 Å². The number of rotatable bonds is 6. The molecule has 0 aliphatic carbocycles. The van der Waals surface area contributed by atoms with Gasteiger partial charge in [0.05, 0.1) is 0 Å². The van der Waals surface area contributed by atoms with E-state index in [4.69, 9.17) is 9.63 Å². The lowest BCUT2D eigenvalue weighted by Crippen LogP contribution is -2.49. The van der Waals surface area contributed by atoms with Gasteiger partial charge in [-0.25, -0.2) is 0 Å². The first-order chi connectivity index (χ1) is 8.41. The molecule has 1 heterocycles. The molecule has 0 saturated heterocycles. The molecule has 0 atom stereocenters. The maximum Gasteiger partial charge on any atom is 0.273 e. The molecule has 0 spiro atoms. The van der Waals surface area contributed by atoms with E-state index in [2.05, 4.69) is 15.8 Å². The quantitative estimate of drug-likeness (QED) is 0.692. The highest BCUT2D eigenvalue weighted by Gasteiger charge is 2.21. The third-order valence-corrected chi connectivity index (χ3v) is 2.73. The first-order valence-corrected chi connectivity index (χ1v) is 6.00. The second-order valence-corrected chi connectivity index (χ2v) is 4.83. The van der Waals surface area contributed by atoms with Crippen LogP contribution in [0.1, 0.15) is 42.6 Å². The molecule has 1 rings (SSSR count). The fourth-order valence-electron chi connectivity index (χ4n) is 1.65. The molecule has 0 bridgehead atoms. The summed E-state index contributed by atoms with van der Waals surface area (Å²) in [7, 11) is 0. The van der Waals surface area contributed by atoms with Crippen molar-refractivity contribution in [2.24, 2.45) is 0 Å². The van der Waals surface area contributed by atoms with Crippen LogP contribution < -0.4 is 10.6 Å². The number of aliphatic hydroxyl groups is 1. The lowest BCUT2D eigenvalue weighted by molar-refractivity contribution is 0.0932. The Bertz CT molecular complexity index is 413. The Balaban J connectivity index is 2.63. The number of aliphatic hydroxyl groups excluding tert-OH is 1. The minimum absolute atomic E-state index is 0.179. The standard InChI is InChI=1S/C12H21N3O3/c1-5-14-12(3,4)7-13-11(17)10-8(2)9(6-16)18-15-10/h14,16H,5-7H2,1-4H3,(H,13,17). The Morgan fingerprint density at radius 2 is 2.17 bits per heavy atom. The van der Waals surface area contributed by atoms with Gasteiger partial charge in [-0.3, -0.25) is 4.79 Å². The Kier molecular flexibility index (Phi) is 4.86. The van der Waals surface area contributed by atoms with E-state index < -0.39 is 0 Å². The van der Waals surface area contributed by atoms with E-state index in [-0.39, 0.29) is 23.7 Å². The average Bonchev–Trinajstić information content (AvgIpc) is 2.67. The van der Waals surface area contributed by atoms with Gasteiger partial charge >= 0.3 is 0 Å². The highest BCUT2D eigenvalue weighted by atomic mass is 16.5. The molecular formula is C12H21N3O3. The van der Waals surface area contributed by atoms with Gasteiger partial charge in [-0.1, -0.05) is 12.1 Å². The number of amides is 1. The van der Waals surface area contributed by atoms with Crippen LogP contribution in [-0.4, -0.2) is 34.8 Å². The topological polar surface area (TPSA) is 87.4 Å². The van der Waals surface area contributed by atoms with Crippen molar-refractivity contribution >= 4 is 5.91 Å². The zero-order valence-corrected chi connectivity index (χ0v) is 11.3. The molecule has 0 aliphatic heterocycles.